The Morgan fingerprint density at radius 1 is 1.19 bits per heavy atom. The lowest BCUT2D eigenvalue weighted by atomic mass is 10.2. The Morgan fingerprint density at radius 3 is 2.67 bits per heavy atom. The van der Waals surface area contributed by atoms with E-state index in [0.717, 1.165) is 5.56 Å². The van der Waals surface area contributed by atoms with Gasteiger partial charge in [-0.2, -0.15) is 5.10 Å². The first kappa shape index (κ1) is 18.3. The van der Waals surface area contributed by atoms with Crippen molar-refractivity contribution in [3.63, 3.8) is 0 Å². The van der Waals surface area contributed by atoms with Gasteiger partial charge >= 0.3 is 0 Å². The summed E-state index contributed by atoms with van der Waals surface area (Å²) in [6.07, 6.45) is 1.36. The Balaban J connectivity index is 1.64. The van der Waals surface area contributed by atoms with Gasteiger partial charge in [0.15, 0.2) is 0 Å². The fourth-order valence-electron chi connectivity index (χ4n) is 2.24. The standard InChI is InChI=1S/C19H15N3O4S/c23-19(21-20-11-16-10-15(13-27-16)22(24)25)17-8-4-5-9-18(17)26-12-14-6-2-1-3-7-14/h1-11,13H,12H2,(H,21,23)/b20-11+. The lowest BCUT2D eigenvalue weighted by Crippen LogP contribution is -2.18. The molecule has 1 N–H and O–H groups in total. The van der Waals surface area contributed by atoms with Crippen LogP contribution >= 0.6 is 11.3 Å². The van der Waals surface area contributed by atoms with Crippen LogP contribution in [0.1, 0.15) is 20.8 Å². The van der Waals surface area contributed by atoms with Crippen molar-refractivity contribution in [1.29, 1.82) is 0 Å². The summed E-state index contributed by atoms with van der Waals surface area (Å²) in [7, 11) is 0. The topological polar surface area (TPSA) is 93.8 Å². The summed E-state index contributed by atoms with van der Waals surface area (Å²) in [4.78, 5) is 23.1. The maximum atomic E-state index is 12.4. The van der Waals surface area contributed by atoms with E-state index < -0.39 is 10.8 Å². The molecule has 3 aromatic rings. The molecule has 8 heteroatoms. The molecule has 1 aromatic heterocycles. The molecule has 1 amide bonds. The Kier molecular flexibility index (Phi) is 5.91. The molecule has 0 atom stereocenters. The average Bonchev–Trinajstić information content (AvgIpc) is 3.17. The van der Waals surface area contributed by atoms with Crippen LogP contribution in [0, 0.1) is 10.1 Å². The number of carbonyl (C=O) groups is 1. The number of benzene rings is 2. The van der Waals surface area contributed by atoms with Gasteiger partial charge in [-0.05, 0) is 17.7 Å². The van der Waals surface area contributed by atoms with Gasteiger partial charge in [-0.3, -0.25) is 14.9 Å². The second-order valence-electron chi connectivity index (χ2n) is 5.43. The Bertz CT molecular complexity index is 970. The van der Waals surface area contributed by atoms with Crippen molar-refractivity contribution in [1.82, 2.24) is 5.43 Å². The Morgan fingerprint density at radius 2 is 1.93 bits per heavy atom. The molecule has 0 aliphatic heterocycles. The molecule has 7 nitrogen and oxygen atoms in total. The van der Waals surface area contributed by atoms with Crippen LogP contribution < -0.4 is 10.2 Å². The van der Waals surface area contributed by atoms with Crippen LogP contribution in [-0.4, -0.2) is 17.0 Å². The first-order valence-corrected chi connectivity index (χ1v) is 8.83. The van der Waals surface area contributed by atoms with E-state index in [9.17, 15) is 14.9 Å². The number of hydrazone groups is 1. The molecule has 0 radical (unpaired) electrons. The molecule has 27 heavy (non-hydrogen) atoms. The molecule has 0 saturated carbocycles. The quantitative estimate of drug-likeness (QED) is 0.380. The van der Waals surface area contributed by atoms with Crippen LogP contribution in [0.2, 0.25) is 0 Å². The summed E-state index contributed by atoms with van der Waals surface area (Å²) < 4.78 is 5.75. The number of hydrogen-bond donors (Lipinski definition) is 1. The van der Waals surface area contributed by atoms with Crippen molar-refractivity contribution >= 4 is 29.1 Å². The minimum Gasteiger partial charge on any atom is -0.488 e. The van der Waals surface area contributed by atoms with Crippen molar-refractivity contribution in [3.8, 4) is 5.75 Å². The first-order chi connectivity index (χ1) is 13.1. The third kappa shape index (κ3) is 4.99. The minimum absolute atomic E-state index is 0.00701. The van der Waals surface area contributed by atoms with Crippen molar-refractivity contribution in [2.45, 2.75) is 6.61 Å². The Hall–Kier alpha value is -3.52. The number of amides is 1. The smallest absolute Gasteiger partial charge is 0.280 e. The first-order valence-electron chi connectivity index (χ1n) is 7.95. The van der Waals surface area contributed by atoms with Gasteiger partial charge < -0.3 is 4.74 Å². The predicted molar refractivity (Wildman–Crippen MR) is 103 cm³/mol. The van der Waals surface area contributed by atoms with Gasteiger partial charge in [0.05, 0.1) is 27.0 Å². The maximum Gasteiger partial charge on any atom is 0.280 e. The van der Waals surface area contributed by atoms with Crippen LogP contribution in [-0.2, 0) is 6.61 Å². The predicted octanol–water partition coefficient (Wildman–Crippen LogP) is 4.00. The van der Waals surface area contributed by atoms with Crippen LogP contribution in [0.25, 0.3) is 0 Å². The van der Waals surface area contributed by atoms with Gasteiger partial charge in [-0.1, -0.05) is 42.5 Å². The van der Waals surface area contributed by atoms with Crippen molar-refractivity contribution in [3.05, 3.63) is 92.2 Å². The molecule has 136 valence electrons. The lowest BCUT2D eigenvalue weighted by Gasteiger charge is -2.10. The summed E-state index contributed by atoms with van der Waals surface area (Å²) in [6, 6.07) is 17.9. The monoisotopic (exact) mass is 381 g/mol. The SMILES string of the molecule is O=C(N/N=C/c1cc([N+](=O)[O-])cs1)c1ccccc1OCc1ccccc1. The van der Waals surface area contributed by atoms with E-state index >= 15 is 0 Å². The van der Waals surface area contributed by atoms with E-state index in [1.54, 1.807) is 24.3 Å². The number of nitro groups is 1. The second-order valence-corrected chi connectivity index (χ2v) is 6.38. The number of nitrogens with zero attached hydrogens (tertiary/aromatic N) is 2. The number of nitrogens with one attached hydrogen (secondary N) is 1. The average molecular weight is 381 g/mol. The van der Waals surface area contributed by atoms with Gasteiger partial charge in [-0.25, -0.2) is 5.43 Å². The summed E-state index contributed by atoms with van der Waals surface area (Å²) in [5.41, 5.74) is 3.75. The zero-order valence-electron chi connectivity index (χ0n) is 14.1. The Labute approximate surface area is 159 Å². The van der Waals surface area contributed by atoms with E-state index in [1.165, 1.54) is 29.0 Å². The fraction of sp³-hybridized carbons (Fsp3) is 0.0526. The zero-order chi connectivity index (χ0) is 19.1. The van der Waals surface area contributed by atoms with Gasteiger partial charge in [0.2, 0.25) is 0 Å². The molecule has 0 unspecified atom stereocenters. The molecule has 0 aliphatic carbocycles. The second kappa shape index (κ2) is 8.72. The molecule has 0 aliphatic rings. The third-order valence-corrected chi connectivity index (χ3v) is 4.40. The molecular formula is C19H15N3O4S. The van der Waals surface area contributed by atoms with Gasteiger partial charge in [-0.15, -0.1) is 11.3 Å². The third-order valence-electron chi connectivity index (χ3n) is 3.54. The number of hydrogen-bond acceptors (Lipinski definition) is 6. The highest BCUT2D eigenvalue weighted by molar-refractivity contribution is 7.12. The number of para-hydroxylation sites is 1. The molecule has 0 bridgehead atoms. The summed E-state index contributed by atoms with van der Waals surface area (Å²) >= 11 is 1.17. The van der Waals surface area contributed by atoms with Crippen molar-refractivity contribution in [2.75, 3.05) is 0 Å². The fourth-order valence-corrected chi connectivity index (χ4v) is 2.95. The van der Waals surface area contributed by atoms with Gasteiger partial charge in [0.1, 0.15) is 12.4 Å². The van der Waals surface area contributed by atoms with E-state index in [-0.39, 0.29) is 5.69 Å². The highest BCUT2D eigenvalue weighted by Crippen LogP contribution is 2.20. The van der Waals surface area contributed by atoms with E-state index in [0.29, 0.717) is 22.8 Å². The normalized spacial score (nSPS) is 10.7. The molecule has 0 fully saturated rings. The van der Waals surface area contributed by atoms with Crippen LogP contribution in [0.4, 0.5) is 5.69 Å². The van der Waals surface area contributed by atoms with Crippen LogP contribution in [0.3, 0.4) is 0 Å². The summed E-state index contributed by atoms with van der Waals surface area (Å²) in [5.74, 6) is 0.0155. The molecular weight excluding hydrogens is 366 g/mol. The maximum absolute atomic E-state index is 12.4. The van der Waals surface area contributed by atoms with Crippen LogP contribution in [0.15, 0.2) is 71.1 Å². The molecule has 0 saturated heterocycles. The van der Waals surface area contributed by atoms with Gasteiger partial charge in [0, 0.05) is 6.07 Å². The highest BCUT2D eigenvalue weighted by atomic mass is 32.1. The number of rotatable bonds is 7. The molecule has 2 aromatic carbocycles. The lowest BCUT2D eigenvalue weighted by molar-refractivity contribution is -0.384. The largest absolute Gasteiger partial charge is 0.488 e. The van der Waals surface area contributed by atoms with E-state index in [4.69, 9.17) is 4.74 Å². The van der Waals surface area contributed by atoms with Crippen molar-refractivity contribution < 1.29 is 14.5 Å². The van der Waals surface area contributed by atoms with E-state index in [2.05, 4.69) is 10.5 Å². The molecule has 0 spiro atoms. The zero-order valence-corrected chi connectivity index (χ0v) is 14.9. The van der Waals surface area contributed by atoms with Gasteiger partial charge in [0.25, 0.3) is 11.6 Å². The number of thiophene rings is 1. The highest BCUT2D eigenvalue weighted by Gasteiger charge is 2.12. The summed E-state index contributed by atoms with van der Waals surface area (Å²) in [5, 5.41) is 15.9. The van der Waals surface area contributed by atoms with Crippen molar-refractivity contribution in [2.24, 2.45) is 5.10 Å². The number of carbonyl (C=O) groups excluding carboxylic acids is 1. The summed E-state index contributed by atoms with van der Waals surface area (Å²) in [6.45, 7) is 0.341. The van der Waals surface area contributed by atoms with E-state index in [1.807, 2.05) is 30.3 Å². The van der Waals surface area contributed by atoms with Crippen LogP contribution in [0.5, 0.6) is 5.75 Å². The minimum atomic E-state index is -0.479. The molecule has 1 heterocycles. The number of ether oxygens (including phenoxy) is 1. The molecule has 3 rings (SSSR count).